The molecule has 0 aromatic heterocycles. The summed E-state index contributed by atoms with van der Waals surface area (Å²) in [7, 11) is 0. The number of halogens is 3. The summed E-state index contributed by atoms with van der Waals surface area (Å²) in [5, 5.41) is 32.7. The van der Waals surface area contributed by atoms with Gasteiger partial charge in [0.25, 0.3) is 0 Å². The van der Waals surface area contributed by atoms with Gasteiger partial charge in [0.2, 0.25) is 6.61 Å². The molecular weight excluding hydrogens is 379 g/mol. The summed E-state index contributed by atoms with van der Waals surface area (Å²) >= 11 is 0. The van der Waals surface area contributed by atoms with Crippen molar-refractivity contribution in [2.45, 2.75) is 31.2 Å². The molecule has 0 bridgehead atoms. The molecule has 0 spiro atoms. The monoisotopic (exact) mass is 397 g/mol. The Morgan fingerprint density at radius 1 is 1.36 bits per heavy atom. The van der Waals surface area contributed by atoms with Gasteiger partial charge in [0.05, 0.1) is 17.4 Å². The molecule has 2 fully saturated rings. The summed E-state index contributed by atoms with van der Waals surface area (Å²) < 4.78 is 39.2. The molecule has 1 aromatic rings. The molecule has 1 aromatic carbocycles. The minimum Gasteiger partial charge on any atom is -0.479 e. The van der Waals surface area contributed by atoms with Gasteiger partial charge in [-0.25, -0.2) is 4.79 Å². The largest absolute Gasteiger partial charge is 0.479 e. The number of carboxylic acids is 1. The SMILES string of the molecule is O=C(O)CON=C1CC2C1CC(C#CC(O)c1ccccc1C(F)(F)F)C2O. The van der Waals surface area contributed by atoms with E-state index in [1.54, 1.807) is 0 Å². The van der Waals surface area contributed by atoms with E-state index in [0.717, 1.165) is 6.07 Å². The molecule has 6 nitrogen and oxygen atoms in total. The summed E-state index contributed by atoms with van der Waals surface area (Å²) in [5.74, 6) is 3.24. The topological polar surface area (TPSA) is 99.4 Å². The van der Waals surface area contributed by atoms with E-state index in [1.165, 1.54) is 18.2 Å². The third-order valence-electron chi connectivity index (χ3n) is 5.08. The van der Waals surface area contributed by atoms with Gasteiger partial charge in [-0.1, -0.05) is 35.2 Å². The lowest BCUT2D eigenvalue weighted by Crippen LogP contribution is -2.38. The van der Waals surface area contributed by atoms with E-state index in [2.05, 4.69) is 17.0 Å². The quantitative estimate of drug-likeness (QED) is 0.535. The van der Waals surface area contributed by atoms with Crippen LogP contribution in [0.2, 0.25) is 0 Å². The molecule has 0 saturated heterocycles. The second-order valence-corrected chi connectivity index (χ2v) is 6.83. The van der Waals surface area contributed by atoms with Crippen LogP contribution in [0.5, 0.6) is 0 Å². The van der Waals surface area contributed by atoms with Gasteiger partial charge < -0.3 is 20.2 Å². The maximum absolute atomic E-state index is 13.1. The fourth-order valence-corrected chi connectivity index (χ4v) is 3.68. The number of aliphatic hydroxyl groups is 2. The van der Waals surface area contributed by atoms with Crippen LogP contribution in [0.1, 0.15) is 30.1 Å². The van der Waals surface area contributed by atoms with Gasteiger partial charge in [0.15, 0.2) is 0 Å². The van der Waals surface area contributed by atoms with E-state index in [9.17, 15) is 28.2 Å². The number of fused-ring (bicyclic) bond motifs is 1. The van der Waals surface area contributed by atoms with Crippen LogP contribution in [-0.4, -0.2) is 39.7 Å². The molecule has 9 heteroatoms. The Bertz CT molecular complexity index is 842. The molecule has 0 radical (unpaired) electrons. The highest BCUT2D eigenvalue weighted by molar-refractivity contribution is 5.93. The number of benzene rings is 1. The van der Waals surface area contributed by atoms with Crippen LogP contribution in [0.25, 0.3) is 0 Å². The Hall–Kier alpha value is -2.57. The van der Waals surface area contributed by atoms with E-state index >= 15 is 0 Å². The van der Waals surface area contributed by atoms with Gasteiger partial charge in [-0.05, 0) is 24.8 Å². The predicted molar refractivity (Wildman–Crippen MR) is 90.9 cm³/mol. The third kappa shape index (κ3) is 4.13. The van der Waals surface area contributed by atoms with Gasteiger partial charge in [-0.2, -0.15) is 13.2 Å². The van der Waals surface area contributed by atoms with Gasteiger partial charge >= 0.3 is 12.1 Å². The van der Waals surface area contributed by atoms with Crippen molar-refractivity contribution in [3.8, 4) is 11.8 Å². The molecule has 5 atom stereocenters. The molecule has 3 N–H and O–H groups in total. The van der Waals surface area contributed by atoms with E-state index in [1.807, 2.05) is 0 Å². The number of carboxylic acid groups (broad SMARTS) is 1. The fourth-order valence-electron chi connectivity index (χ4n) is 3.68. The number of oxime groups is 1. The summed E-state index contributed by atoms with van der Waals surface area (Å²) in [5.41, 5.74) is -0.645. The Morgan fingerprint density at radius 2 is 2.07 bits per heavy atom. The summed E-state index contributed by atoms with van der Waals surface area (Å²) in [6, 6.07) is 4.67. The Labute approximate surface area is 158 Å². The number of rotatable bonds is 4. The van der Waals surface area contributed by atoms with E-state index in [0.29, 0.717) is 18.6 Å². The van der Waals surface area contributed by atoms with Crippen molar-refractivity contribution in [1.82, 2.24) is 0 Å². The number of carbonyl (C=O) groups is 1. The Morgan fingerprint density at radius 3 is 2.75 bits per heavy atom. The van der Waals surface area contributed by atoms with Crippen LogP contribution in [0.15, 0.2) is 29.4 Å². The zero-order chi connectivity index (χ0) is 20.5. The van der Waals surface area contributed by atoms with Crippen molar-refractivity contribution in [2.24, 2.45) is 22.9 Å². The second-order valence-electron chi connectivity index (χ2n) is 6.83. The highest BCUT2D eigenvalue weighted by Crippen LogP contribution is 2.48. The normalized spacial score (nSPS) is 28.7. The molecule has 2 saturated carbocycles. The third-order valence-corrected chi connectivity index (χ3v) is 5.08. The van der Waals surface area contributed by atoms with Gasteiger partial charge in [0, 0.05) is 17.4 Å². The first kappa shape index (κ1) is 20.2. The maximum atomic E-state index is 13.1. The first-order valence-electron chi connectivity index (χ1n) is 8.62. The zero-order valence-electron chi connectivity index (χ0n) is 14.6. The average molecular weight is 397 g/mol. The Kier molecular flexibility index (Phi) is 5.63. The first-order chi connectivity index (χ1) is 13.2. The predicted octanol–water partition coefficient (Wildman–Crippen LogP) is 2.22. The van der Waals surface area contributed by atoms with Crippen LogP contribution in [0.3, 0.4) is 0 Å². The van der Waals surface area contributed by atoms with Gasteiger partial charge in [-0.3, -0.25) is 0 Å². The molecule has 0 amide bonds. The maximum Gasteiger partial charge on any atom is 0.416 e. The molecule has 28 heavy (non-hydrogen) atoms. The summed E-state index contributed by atoms with van der Waals surface area (Å²) in [4.78, 5) is 15.1. The van der Waals surface area contributed by atoms with Crippen LogP contribution in [-0.2, 0) is 15.8 Å². The number of aliphatic hydroxyl groups excluding tert-OH is 2. The van der Waals surface area contributed by atoms with Gasteiger partial charge in [-0.15, -0.1) is 0 Å². The fraction of sp³-hybridized carbons (Fsp3) is 0.474. The average Bonchev–Trinajstić information content (AvgIpc) is 2.86. The Balaban J connectivity index is 1.68. The lowest BCUT2D eigenvalue weighted by molar-refractivity contribution is -0.142. The highest BCUT2D eigenvalue weighted by Gasteiger charge is 2.51. The number of hydrogen-bond donors (Lipinski definition) is 3. The van der Waals surface area contributed by atoms with Crippen LogP contribution in [0, 0.1) is 29.6 Å². The van der Waals surface area contributed by atoms with Crippen molar-refractivity contribution in [3.63, 3.8) is 0 Å². The van der Waals surface area contributed by atoms with E-state index in [-0.39, 0.29) is 17.4 Å². The number of aliphatic carboxylic acids is 1. The van der Waals surface area contributed by atoms with Crippen LogP contribution in [0.4, 0.5) is 13.2 Å². The number of hydrogen-bond acceptors (Lipinski definition) is 5. The second kappa shape index (κ2) is 7.81. The van der Waals surface area contributed by atoms with Crippen LogP contribution >= 0.6 is 0 Å². The lowest BCUT2D eigenvalue weighted by Gasteiger charge is -2.33. The molecule has 150 valence electrons. The zero-order valence-corrected chi connectivity index (χ0v) is 14.6. The van der Waals surface area contributed by atoms with Crippen molar-refractivity contribution in [1.29, 1.82) is 0 Å². The van der Waals surface area contributed by atoms with Crippen molar-refractivity contribution < 1.29 is 38.1 Å². The smallest absolute Gasteiger partial charge is 0.416 e. The number of nitrogens with zero attached hydrogens (tertiary/aromatic N) is 1. The van der Waals surface area contributed by atoms with E-state index in [4.69, 9.17) is 9.94 Å². The number of alkyl halides is 3. The molecule has 3 rings (SSSR count). The lowest BCUT2D eigenvalue weighted by atomic mass is 9.73. The first-order valence-corrected chi connectivity index (χ1v) is 8.62. The van der Waals surface area contributed by atoms with Crippen LogP contribution < -0.4 is 0 Å². The molecule has 0 heterocycles. The summed E-state index contributed by atoms with van der Waals surface area (Å²) in [6.07, 6.45) is -6.16. The van der Waals surface area contributed by atoms with E-state index < -0.39 is 42.4 Å². The highest BCUT2D eigenvalue weighted by atomic mass is 19.4. The molecule has 2 aliphatic carbocycles. The van der Waals surface area contributed by atoms with Gasteiger partial charge in [0.1, 0.15) is 6.10 Å². The molecule has 0 aliphatic heterocycles. The summed E-state index contributed by atoms with van der Waals surface area (Å²) in [6.45, 7) is -0.558. The van der Waals surface area contributed by atoms with Crippen molar-refractivity contribution >= 4 is 11.7 Å². The van der Waals surface area contributed by atoms with Crippen molar-refractivity contribution in [2.75, 3.05) is 6.61 Å². The molecular formula is C19H18F3NO5. The molecule has 5 unspecified atom stereocenters. The molecule has 2 aliphatic rings. The minimum atomic E-state index is -4.60. The standard InChI is InChI=1S/C19H18F3NO5/c20-19(21,22)14-4-2-1-3-11(14)16(24)6-5-10-7-12-13(18(10)27)8-15(12)23-28-9-17(25)26/h1-4,10,12-13,16,18,24,27H,7-9H2,(H,25,26). The van der Waals surface area contributed by atoms with Crippen molar-refractivity contribution in [3.05, 3.63) is 35.4 Å². The minimum absolute atomic E-state index is 0.105.